The van der Waals surface area contributed by atoms with Gasteiger partial charge in [0.05, 0.1) is 5.60 Å². The molecule has 0 amide bonds. The summed E-state index contributed by atoms with van der Waals surface area (Å²) in [5.74, 6) is 0.776. The van der Waals surface area contributed by atoms with Gasteiger partial charge in [-0.3, -0.25) is 0 Å². The Morgan fingerprint density at radius 1 is 1.38 bits per heavy atom. The molecule has 0 aliphatic rings. The second-order valence-electron chi connectivity index (χ2n) is 4.49. The summed E-state index contributed by atoms with van der Waals surface area (Å²) < 4.78 is 5.32. The molecule has 13 heavy (non-hydrogen) atoms. The van der Waals surface area contributed by atoms with Crippen LogP contribution in [0.15, 0.2) is 0 Å². The fourth-order valence-electron chi connectivity index (χ4n) is 1.29. The normalized spacial score (nSPS) is 14.5. The molecule has 0 radical (unpaired) electrons. The number of hydrogen-bond donors (Lipinski definition) is 1. The number of hydrogen-bond acceptors (Lipinski definition) is 2. The van der Waals surface area contributed by atoms with Gasteiger partial charge >= 0.3 is 0 Å². The van der Waals surface area contributed by atoms with Crippen molar-refractivity contribution in [2.24, 2.45) is 5.92 Å². The first-order valence-electron chi connectivity index (χ1n) is 5.27. The predicted octanol–water partition coefficient (Wildman–Crippen LogP) is 2.44. The van der Waals surface area contributed by atoms with Gasteiger partial charge in [-0.25, -0.2) is 0 Å². The Labute approximate surface area is 83.1 Å². The minimum atomic E-state index is -0.0358. The van der Waals surface area contributed by atoms with Gasteiger partial charge in [-0.15, -0.1) is 0 Å². The lowest BCUT2D eigenvalue weighted by atomic mass is 10.1. The minimum Gasteiger partial charge on any atom is -0.377 e. The van der Waals surface area contributed by atoms with Crippen LogP contribution in [-0.2, 0) is 4.74 Å². The first-order chi connectivity index (χ1) is 6.02. The van der Waals surface area contributed by atoms with Crippen molar-refractivity contribution >= 4 is 0 Å². The van der Waals surface area contributed by atoms with Gasteiger partial charge in [0.25, 0.3) is 0 Å². The van der Waals surface area contributed by atoms with Gasteiger partial charge < -0.3 is 10.1 Å². The third-order valence-corrected chi connectivity index (χ3v) is 2.38. The molecule has 1 unspecified atom stereocenters. The van der Waals surface area contributed by atoms with E-state index in [4.69, 9.17) is 4.74 Å². The van der Waals surface area contributed by atoms with Crippen molar-refractivity contribution < 1.29 is 4.74 Å². The van der Waals surface area contributed by atoms with E-state index < -0.39 is 0 Å². The molecule has 0 aromatic rings. The van der Waals surface area contributed by atoms with Crippen LogP contribution in [0.4, 0.5) is 0 Å². The van der Waals surface area contributed by atoms with E-state index >= 15 is 0 Å². The third-order valence-electron chi connectivity index (χ3n) is 2.38. The first-order valence-corrected chi connectivity index (χ1v) is 5.27. The van der Waals surface area contributed by atoms with Crippen molar-refractivity contribution in [2.45, 2.75) is 46.1 Å². The molecule has 1 N–H and O–H groups in total. The van der Waals surface area contributed by atoms with E-state index in [0.29, 0.717) is 0 Å². The second kappa shape index (κ2) is 6.39. The molecule has 0 saturated heterocycles. The quantitative estimate of drug-likeness (QED) is 0.661. The van der Waals surface area contributed by atoms with Gasteiger partial charge in [0.1, 0.15) is 0 Å². The molecule has 2 heteroatoms. The molecule has 0 saturated carbocycles. The smallest absolute Gasteiger partial charge is 0.0746 e. The third kappa shape index (κ3) is 7.03. The van der Waals surface area contributed by atoms with E-state index in [9.17, 15) is 0 Å². The monoisotopic (exact) mass is 187 g/mol. The molecule has 0 aromatic carbocycles. The minimum absolute atomic E-state index is 0.0358. The molecule has 0 aliphatic carbocycles. The van der Waals surface area contributed by atoms with Crippen LogP contribution in [0.5, 0.6) is 0 Å². The zero-order valence-corrected chi connectivity index (χ0v) is 9.81. The van der Waals surface area contributed by atoms with Crippen molar-refractivity contribution in [3.05, 3.63) is 0 Å². The van der Waals surface area contributed by atoms with E-state index in [1.165, 1.54) is 12.8 Å². The molecule has 0 spiro atoms. The van der Waals surface area contributed by atoms with E-state index in [2.05, 4.69) is 33.0 Å². The largest absolute Gasteiger partial charge is 0.377 e. The van der Waals surface area contributed by atoms with Gasteiger partial charge in [0.15, 0.2) is 0 Å². The maximum atomic E-state index is 5.32. The van der Waals surface area contributed by atoms with Crippen LogP contribution in [0, 0.1) is 5.92 Å². The summed E-state index contributed by atoms with van der Waals surface area (Å²) in [4.78, 5) is 0. The van der Waals surface area contributed by atoms with Crippen LogP contribution in [0.1, 0.15) is 40.5 Å². The van der Waals surface area contributed by atoms with E-state index in [-0.39, 0.29) is 5.60 Å². The molecule has 0 rings (SSSR count). The summed E-state index contributed by atoms with van der Waals surface area (Å²) in [6, 6.07) is 0. The van der Waals surface area contributed by atoms with Crippen LogP contribution in [0.2, 0.25) is 0 Å². The van der Waals surface area contributed by atoms with Crippen LogP contribution in [0.3, 0.4) is 0 Å². The summed E-state index contributed by atoms with van der Waals surface area (Å²) in [5, 5.41) is 3.44. The summed E-state index contributed by atoms with van der Waals surface area (Å²) in [7, 11) is 1.76. The van der Waals surface area contributed by atoms with Crippen molar-refractivity contribution in [1.29, 1.82) is 0 Å². The molecule has 0 heterocycles. The Kier molecular flexibility index (Phi) is 6.35. The highest BCUT2D eigenvalue weighted by molar-refractivity contribution is 4.71. The average molecular weight is 187 g/mol. The van der Waals surface area contributed by atoms with Crippen molar-refractivity contribution in [1.82, 2.24) is 5.32 Å². The fraction of sp³-hybridized carbons (Fsp3) is 1.00. The zero-order valence-electron chi connectivity index (χ0n) is 9.81. The number of nitrogens with one attached hydrogen (secondary N) is 1. The Morgan fingerprint density at radius 3 is 2.46 bits per heavy atom. The maximum Gasteiger partial charge on any atom is 0.0746 e. The van der Waals surface area contributed by atoms with Crippen LogP contribution in [0.25, 0.3) is 0 Å². The van der Waals surface area contributed by atoms with Crippen LogP contribution in [-0.4, -0.2) is 25.8 Å². The standard InChI is InChI=1S/C11H25NO/c1-6-7-10(2)8-12-9-11(3,4)13-5/h10,12H,6-9H2,1-5H3. The Bertz CT molecular complexity index is 123. The van der Waals surface area contributed by atoms with E-state index in [1.807, 2.05) is 0 Å². The van der Waals surface area contributed by atoms with E-state index in [1.54, 1.807) is 7.11 Å². The molecule has 0 aliphatic heterocycles. The Hall–Kier alpha value is -0.0800. The number of methoxy groups -OCH3 is 1. The van der Waals surface area contributed by atoms with E-state index in [0.717, 1.165) is 19.0 Å². The molecule has 1 atom stereocenters. The molecule has 0 fully saturated rings. The second-order valence-corrected chi connectivity index (χ2v) is 4.49. The maximum absolute atomic E-state index is 5.32. The molecule has 0 bridgehead atoms. The van der Waals surface area contributed by atoms with Crippen LogP contribution < -0.4 is 5.32 Å². The zero-order chi connectivity index (χ0) is 10.3. The summed E-state index contributed by atoms with van der Waals surface area (Å²) in [6.45, 7) is 10.7. The highest BCUT2D eigenvalue weighted by atomic mass is 16.5. The SMILES string of the molecule is CCCC(C)CNCC(C)(C)OC. The lowest BCUT2D eigenvalue weighted by Crippen LogP contribution is -2.38. The first kappa shape index (κ1) is 12.9. The van der Waals surface area contributed by atoms with Crippen LogP contribution >= 0.6 is 0 Å². The van der Waals surface area contributed by atoms with Crippen molar-refractivity contribution in [2.75, 3.05) is 20.2 Å². The van der Waals surface area contributed by atoms with Gasteiger partial charge in [0.2, 0.25) is 0 Å². The predicted molar refractivity (Wildman–Crippen MR) is 58.0 cm³/mol. The molecule has 80 valence electrons. The van der Waals surface area contributed by atoms with Gasteiger partial charge in [0, 0.05) is 13.7 Å². The van der Waals surface area contributed by atoms with Crippen molar-refractivity contribution in [3.8, 4) is 0 Å². The fourth-order valence-corrected chi connectivity index (χ4v) is 1.29. The summed E-state index contributed by atoms with van der Waals surface area (Å²) >= 11 is 0. The molecular weight excluding hydrogens is 162 g/mol. The Balaban J connectivity index is 3.44. The molecule has 0 aromatic heterocycles. The number of rotatable bonds is 7. The van der Waals surface area contributed by atoms with Gasteiger partial charge in [-0.05, 0) is 32.7 Å². The van der Waals surface area contributed by atoms with Crippen molar-refractivity contribution in [3.63, 3.8) is 0 Å². The highest BCUT2D eigenvalue weighted by Gasteiger charge is 2.15. The number of ether oxygens (including phenoxy) is 1. The topological polar surface area (TPSA) is 21.3 Å². The lowest BCUT2D eigenvalue weighted by Gasteiger charge is -2.24. The average Bonchev–Trinajstić information content (AvgIpc) is 2.05. The van der Waals surface area contributed by atoms with Gasteiger partial charge in [-0.2, -0.15) is 0 Å². The summed E-state index contributed by atoms with van der Waals surface area (Å²) in [6.07, 6.45) is 2.58. The Morgan fingerprint density at radius 2 is 2.00 bits per heavy atom. The molecule has 2 nitrogen and oxygen atoms in total. The highest BCUT2D eigenvalue weighted by Crippen LogP contribution is 2.06. The lowest BCUT2D eigenvalue weighted by molar-refractivity contribution is 0.0227. The van der Waals surface area contributed by atoms with Gasteiger partial charge in [-0.1, -0.05) is 20.3 Å². The summed E-state index contributed by atoms with van der Waals surface area (Å²) in [5.41, 5.74) is -0.0358. The molecular formula is C11H25NO.